The molecule has 3 atom stereocenters. The lowest BCUT2D eigenvalue weighted by atomic mass is 9.90. The van der Waals surface area contributed by atoms with Crippen LogP contribution >= 0.6 is 0 Å². The van der Waals surface area contributed by atoms with E-state index in [1.807, 2.05) is 12.3 Å². The van der Waals surface area contributed by atoms with E-state index in [9.17, 15) is 0 Å². The van der Waals surface area contributed by atoms with Crippen LogP contribution in [0, 0.1) is 5.92 Å². The summed E-state index contributed by atoms with van der Waals surface area (Å²) >= 11 is 0. The van der Waals surface area contributed by atoms with Crippen molar-refractivity contribution in [1.29, 1.82) is 0 Å². The van der Waals surface area contributed by atoms with E-state index in [1.54, 1.807) is 7.11 Å². The van der Waals surface area contributed by atoms with Gasteiger partial charge < -0.3 is 15.0 Å². The number of piperidine rings is 1. The van der Waals surface area contributed by atoms with Gasteiger partial charge in [-0.3, -0.25) is 0 Å². The molecule has 0 bridgehead atoms. The maximum atomic E-state index is 5.07. The molecule has 0 aromatic carbocycles. The number of nitrogens with one attached hydrogen (secondary N) is 1. The second-order valence-electron chi connectivity index (χ2n) is 5.70. The molecule has 106 valence electrons. The second-order valence-corrected chi connectivity index (χ2v) is 5.70. The third kappa shape index (κ3) is 3.67. The van der Waals surface area contributed by atoms with Crippen molar-refractivity contribution in [3.05, 3.63) is 23.9 Å². The minimum absolute atomic E-state index is 0.591. The molecule has 0 saturated carbocycles. The number of hydrogen-bond acceptors (Lipinski definition) is 4. The van der Waals surface area contributed by atoms with Crippen molar-refractivity contribution in [2.45, 2.75) is 38.9 Å². The van der Waals surface area contributed by atoms with Crippen LogP contribution < -0.4 is 10.1 Å². The van der Waals surface area contributed by atoms with Crippen molar-refractivity contribution < 1.29 is 4.74 Å². The normalized spacial score (nSPS) is 28.3. The van der Waals surface area contributed by atoms with Gasteiger partial charge in [0.15, 0.2) is 0 Å². The number of ether oxygens (including phenoxy) is 1. The Kier molecular flexibility index (Phi) is 4.77. The van der Waals surface area contributed by atoms with Gasteiger partial charge in [0.05, 0.1) is 7.11 Å². The average Bonchev–Trinajstić information content (AvgIpc) is 2.42. The maximum absolute atomic E-state index is 5.07. The van der Waals surface area contributed by atoms with Crippen molar-refractivity contribution in [3.63, 3.8) is 0 Å². The smallest absolute Gasteiger partial charge is 0.212 e. The number of hydrogen-bond donors (Lipinski definition) is 1. The van der Waals surface area contributed by atoms with E-state index in [0.29, 0.717) is 23.9 Å². The Bertz CT molecular complexity index is 393. The summed E-state index contributed by atoms with van der Waals surface area (Å²) in [6.45, 7) is 6.67. The zero-order valence-electron chi connectivity index (χ0n) is 12.4. The Morgan fingerprint density at radius 1 is 1.42 bits per heavy atom. The first-order chi connectivity index (χ1) is 9.10. The van der Waals surface area contributed by atoms with Crippen LogP contribution in [0.3, 0.4) is 0 Å². The van der Waals surface area contributed by atoms with Crippen molar-refractivity contribution >= 4 is 0 Å². The van der Waals surface area contributed by atoms with Gasteiger partial charge in [0.1, 0.15) is 0 Å². The lowest BCUT2D eigenvalue weighted by molar-refractivity contribution is 0.121. The molecule has 3 unspecified atom stereocenters. The molecule has 0 radical (unpaired) electrons. The fraction of sp³-hybridized carbons (Fsp3) is 0.667. The summed E-state index contributed by atoms with van der Waals surface area (Å²) in [6, 6.07) is 5.23. The van der Waals surface area contributed by atoms with Crippen molar-refractivity contribution in [2.24, 2.45) is 5.92 Å². The Balaban J connectivity index is 1.87. The molecule has 1 aromatic heterocycles. The molecular formula is C15H25N3O. The highest BCUT2D eigenvalue weighted by Gasteiger charge is 2.28. The minimum Gasteiger partial charge on any atom is -0.481 e. The lowest BCUT2D eigenvalue weighted by Gasteiger charge is -2.40. The summed E-state index contributed by atoms with van der Waals surface area (Å²) in [5, 5.41) is 3.67. The van der Waals surface area contributed by atoms with Crippen molar-refractivity contribution in [2.75, 3.05) is 20.7 Å². The minimum atomic E-state index is 0.591. The quantitative estimate of drug-likeness (QED) is 0.900. The molecular weight excluding hydrogens is 238 g/mol. The summed E-state index contributed by atoms with van der Waals surface area (Å²) in [5.74, 6) is 1.36. The Hall–Kier alpha value is -1.13. The van der Waals surface area contributed by atoms with E-state index in [4.69, 9.17) is 4.74 Å². The molecule has 1 aliphatic heterocycles. The van der Waals surface area contributed by atoms with Crippen LogP contribution in [0.15, 0.2) is 18.3 Å². The van der Waals surface area contributed by atoms with E-state index in [2.05, 4.69) is 42.2 Å². The van der Waals surface area contributed by atoms with Gasteiger partial charge in [-0.25, -0.2) is 4.98 Å². The summed E-state index contributed by atoms with van der Waals surface area (Å²) in [6.07, 6.45) is 3.09. The van der Waals surface area contributed by atoms with Crippen LogP contribution in [0.2, 0.25) is 0 Å². The first-order valence-corrected chi connectivity index (χ1v) is 7.02. The van der Waals surface area contributed by atoms with Gasteiger partial charge in [-0.1, -0.05) is 13.0 Å². The highest BCUT2D eigenvalue weighted by molar-refractivity contribution is 5.17. The van der Waals surface area contributed by atoms with Gasteiger partial charge in [0.2, 0.25) is 5.88 Å². The highest BCUT2D eigenvalue weighted by Crippen LogP contribution is 2.21. The van der Waals surface area contributed by atoms with Gasteiger partial charge in [0.25, 0.3) is 0 Å². The van der Waals surface area contributed by atoms with Crippen LogP contribution in [0.4, 0.5) is 0 Å². The predicted molar refractivity (Wildman–Crippen MR) is 77.3 cm³/mol. The molecule has 1 saturated heterocycles. The van der Waals surface area contributed by atoms with E-state index in [0.717, 1.165) is 6.54 Å². The SMILES string of the molecule is COc1ccc(CNC2CC(C)N(C)CC2C)cn1. The predicted octanol–water partition coefficient (Wildman–Crippen LogP) is 1.91. The average molecular weight is 263 g/mol. The van der Waals surface area contributed by atoms with Gasteiger partial charge in [0, 0.05) is 37.4 Å². The van der Waals surface area contributed by atoms with E-state index in [-0.39, 0.29) is 0 Å². The topological polar surface area (TPSA) is 37.4 Å². The first-order valence-electron chi connectivity index (χ1n) is 7.02. The number of nitrogens with zero attached hydrogens (tertiary/aromatic N) is 2. The standard InChI is InChI=1S/C15H25N3O/c1-11-10-18(3)12(2)7-14(11)16-8-13-5-6-15(19-4)17-9-13/h5-6,9,11-12,14,16H,7-8,10H2,1-4H3. The van der Waals surface area contributed by atoms with E-state index in [1.165, 1.54) is 18.5 Å². The zero-order chi connectivity index (χ0) is 13.8. The molecule has 1 aliphatic rings. The monoisotopic (exact) mass is 263 g/mol. The van der Waals surface area contributed by atoms with Gasteiger partial charge in [-0.05, 0) is 31.9 Å². The molecule has 4 heteroatoms. The van der Waals surface area contributed by atoms with Gasteiger partial charge in [-0.15, -0.1) is 0 Å². The number of aromatic nitrogens is 1. The molecule has 19 heavy (non-hydrogen) atoms. The highest BCUT2D eigenvalue weighted by atomic mass is 16.5. The Morgan fingerprint density at radius 3 is 2.84 bits per heavy atom. The Morgan fingerprint density at radius 2 is 2.21 bits per heavy atom. The van der Waals surface area contributed by atoms with Crippen LogP contribution in [0.5, 0.6) is 5.88 Å². The van der Waals surface area contributed by atoms with Gasteiger partial charge in [-0.2, -0.15) is 0 Å². The van der Waals surface area contributed by atoms with Crippen molar-refractivity contribution in [1.82, 2.24) is 15.2 Å². The van der Waals surface area contributed by atoms with Crippen molar-refractivity contribution in [3.8, 4) is 5.88 Å². The molecule has 0 spiro atoms. The fourth-order valence-corrected chi connectivity index (χ4v) is 2.71. The summed E-state index contributed by atoms with van der Waals surface area (Å²) < 4.78 is 5.07. The first kappa shape index (κ1) is 14.3. The number of rotatable bonds is 4. The molecule has 0 aliphatic carbocycles. The number of likely N-dealkylation sites (tertiary alicyclic amines) is 1. The zero-order valence-corrected chi connectivity index (χ0v) is 12.4. The van der Waals surface area contributed by atoms with Crippen LogP contribution in [0.25, 0.3) is 0 Å². The molecule has 1 fully saturated rings. The molecule has 0 amide bonds. The third-order valence-electron chi connectivity index (χ3n) is 4.19. The van der Waals surface area contributed by atoms with Crippen LogP contribution in [-0.4, -0.2) is 42.7 Å². The van der Waals surface area contributed by atoms with E-state index >= 15 is 0 Å². The van der Waals surface area contributed by atoms with Crippen LogP contribution in [0.1, 0.15) is 25.8 Å². The lowest BCUT2D eigenvalue weighted by Crippen LogP contribution is -2.50. The van der Waals surface area contributed by atoms with Gasteiger partial charge >= 0.3 is 0 Å². The van der Waals surface area contributed by atoms with Crippen LogP contribution in [-0.2, 0) is 6.54 Å². The van der Waals surface area contributed by atoms with E-state index < -0.39 is 0 Å². The second kappa shape index (κ2) is 6.35. The third-order valence-corrected chi connectivity index (χ3v) is 4.19. The largest absolute Gasteiger partial charge is 0.481 e. The molecule has 4 nitrogen and oxygen atoms in total. The Labute approximate surface area is 116 Å². The summed E-state index contributed by atoms with van der Waals surface area (Å²) in [4.78, 5) is 6.68. The maximum Gasteiger partial charge on any atom is 0.212 e. The fourth-order valence-electron chi connectivity index (χ4n) is 2.71. The molecule has 2 rings (SSSR count). The molecule has 2 heterocycles. The molecule has 1 aromatic rings. The number of pyridine rings is 1. The number of methoxy groups -OCH3 is 1. The summed E-state index contributed by atoms with van der Waals surface area (Å²) in [7, 11) is 3.85. The molecule has 1 N–H and O–H groups in total. The summed E-state index contributed by atoms with van der Waals surface area (Å²) in [5.41, 5.74) is 1.21.